The van der Waals surface area contributed by atoms with E-state index in [-0.39, 0.29) is 5.91 Å². The number of benzene rings is 1. The summed E-state index contributed by atoms with van der Waals surface area (Å²) >= 11 is 0. The Labute approximate surface area is 95.8 Å². The zero-order chi connectivity index (χ0) is 12.3. The maximum absolute atomic E-state index is 11.8. The van der Waals surface area contributed by atoms with E-state index in [1.54, 1.807) is 25.3 Å². The third kappa shape index (κ3) is 2.89. The molecule has 88 valence electrons. The molecule has 0 aromatic heterocycles. The summed E-state index contributed by atoms with van der Waals surface area (Å²) in [4.78, 5) is 11.8. The smallest absolute Gasteiger partial charge is 0.229 e. The van der Waals surface area contributed by atoms with Crippen LogP contribution in [0.4, 0.5) is 11.4 Å². The molecular weight excluding hydrogens is 204 g/mol. The Balaban J connectivity index is 2.92. The van der Waals surface area contributed by atoms with Gasteiger partial charge >= 0.3 is 0 Å². The van der Waals surface area contributed by atoms with Crippen molar-refractivity contribution in [3.8, 4) is 5.75 Å². The number of carbonyl (C=O) groups is 1. The Morgan fingerprint density at radius 3 is 2.50 bits per heavy atom. The number of hydrogen-bond acceptors (Lipinski definition) is 3. The fourth-order valence-corrected chi connectivity index (χ4v) is 1.08. The second-order valence-corrected chi connectivity index (χ2v) is 4.66. The second kappa shape index (κ2) is 4.43. The predicted molar refractivity (Wildman–Crippen MR) is 65.5 cm³/mol. The zero-order valence-corrected chi connectivity index (χ0v) is 10.1. The van der Waals surface area contributed by atoms with E-state index in [4.69, 9.17) is 10.5 Å². The van der Waals surface area contributed by atoms with Gasteiger partial charge in [-0.1, -0.05) is 20.8 Å². The number of anilines is 2. The van der Waals surface area contributed by atoms with Gasteiger partial charge in [0.2, 0.25) is 5.91 Å². The average Bonchev–Trinajstić information content (AvgIpc) is 2.19. The van der Waals surface area contributed by atoms with Gasteiger partial charge in [0.05, 0.1) is 18.5 Å². The van der Waals surface area contributed by atoms with Crippen molar-refractivity contribution in [2.45, 2.75) is 20.8 Å². The molecule has 0 atom stereocenters. The van der Waals surface area contributed by atoms with Crippen molar-refractivity contribution in [2.24, 2.45) is 5.41 Å². The van der Waals surface area contributed by atoms with Gasteiger partial charge in [-0.15, -0.1) is 0 Å². The van der Waals surface area contributed by atoms with E-state index in [1.807, 2.05) is 20.8 Å². The SMILES string of the molecule is COc1ccc(N)c(NC(=O)C(C)(C)C)c1. The first-order chi connectivity index (χ1) is 7.34. The first-order valence-electron chi connectivity index (χ1n) is 5.09. The second-order valence-electron chi connectivity index (χ2n) is 4.66. The van der Waals surface area contributed by atoms with Gasteiger partial charge in [0, 0.05) is 11.5 Å². The maximum atomic E-state index is 11.8. The summed E-state index contributed by atoms with van der Waals surface area (Å²) in [6.45, 7) is 5.54. The van der Waals surface area contributed by atoms with Crippen LogP contribution in [0.3, 0.4) is 0 Å². The van der Waals surface area contributed by atoms with Crippen LogP contribution in [0.15, 0.2) is 18.2 Å². The molecule has 1 amide bonds. The van der Waals surface area contributed by atoms with Gasteiger partial charge in [-0.2, -0.15) is 0 Å². The number of rotatable bonds is 2. The number of nitrogens with one attached hydrogen (secondary N) is 1. The van der Waals surface area contributed by atoms with Gasteiger partial charge < -0.3 is 15.8 Å². The normalized spacial score (nSPS) is 11.0. The minimum Gasteiger partial charge on any atom is -0.497 e. The molecule has 0 spiro atoms. The van der Waals surface area contributed by atoms with Crippen molar-refractivity contribution in [3.05, 3.63) is 18.2 Å². The highest BCUT2D eigenvalue weighted by Crippen LogP contribution is 2.26. The molecule has 1 aromatic carbocycles. The highest BCUT2D eigenvalue weighted by Gasteiger charge is 2.21. The Morgan fingerprint density at radius 2 is 2.00 bits per heavy atom. The lowest BCUT2D eigenvalue weighted by atomic mass is 9.95. The highest BCUT2D eigenvalue weighted by molar-refractivity contribution is 5.97. The summed E-state index contributed by atoms with van der Waals surface area (Å²) in [5, 5.41) is 2.78. The number of carbonyl (C=O) groups excluding carboxylic acids is 1. The van der Waals surface area contributed by atoms with Crippen LogP contribution in [0.25, 0.3) is 0 Å². The molecule has 0 aliphatic carbocycles. The van der Waals surface area contributed by atoms with Crippen molar-refractivity contribution in [2.75, 3.05) is 18.2 Å². The molecule has 0 radical (unpaired) electrons. The first-order valence-corrected chi connectivity index (χ1v) is 5.09. The molecule has 1 rings (SSSR count). The highest BCUT2D eigenvalue weighted by atomic mass is 16.5. The van der Waals surface area contributed by atoms with Crippen molar-refractivity contribution >= 4 is 17.3 Å². The molecule has 0 bridgehead atoms. The Bertz CT molecular complexity index is 394. The van der Waals surface area contributed by atoms with Gasteiger partial charge in [0.1, 0.15) is 5.75 Å². The number of hydrogen-bond donors (Lipinski definition) is 2. The van der Waals surface area contributed by atoms with Crippen molar-refractivity contribution in [1.82, 2.24) is 0 Å². The molecule has 16 heavy (non-hydrogen) atoms. The maximum Gasteiger partial charge on any atom is 0.229 e. The lowest BCUT2D eigenvalue weighted by Crippen LogP contribution is -2.27. The van der Waals surface area contributed by atoms with Gasteiger partial charge in [-0.25, -0.2) is 0 Å². The van der Waals surface area contributed by atoms with Crippen LogP contribution >= 0.6 is 0 Å². The lowest BCUT2D eigenvalue weighted by Gasteiger charge is -2.18. The molecule has 0 saturated heterocycles. The molecule has 1 aromatic rings. The Kier molecular flexibility index (Phi) is 3.42. The van der Waals surface area contributed by atoms with E-state index >= 15 is 0 Å². The molecule has 0 aliphatic rings. The van der Waals surface area contributed by atoms with E-state index in [0.717, 1.165) is 0 Å². The number of nitrogen functional groups attached to an aromatic ring is 1. The standard InChI is InChI=1S/C12H18N2O2/c1-12(2,3)11(15)14-10-7-8(16-4)5-6-9(10)13/h5-7H,13H2,1-4H3,(H,14,15). The molecule has 0 saturated carbocycles. The molecular formula is C12H18N2O2. The molecule has 0 aliphatic heterocycles. The minimum absolute atomic E-state index is 0.0764. The largest absolute Gasteiger partial charge is 0.497 e. The first kappa shape index (κ1) is 12.4. The number of nitrogens with two attached hydrogens (primary N) is 1. The summed E-state index contributed by atoms with van der Waals surface area (Å²) in [6, 6.07) is 5.16. The van der Waals surface area contributed by atoms with Crippen LogP contribution in [0.1, 0.15) is 20.8 Å². The molecule has 0 fully saturated rings. The Hall–Kier alpha value is -1.71. The van der Waals surface area contributed by atoms with Crippen molar-refractivity contribution < 1.29 is 9.53 Å². The average molecular weight is 222 g/mol. The molecule has 3 N–H and O–H groups in total. The van der Waals surface area contributed by atoms with Crippen LogP contribution < -0.4 is 15.8 Å². The lowest BCUT2D eigenvalue weighted by molar-refractivity contribution is -0.123. The number of amides is 1. The molecule has 0 heterocycles. The van der Waals surface area contributed by atoms with Gasteiger partial charge in [0.15, 0.2) is 0 Å². The summed E-state index contributed by atoms with van der Waals surface area (Å²) in [6.07, 6.45) is 0. The topological polar surface area (TPSA) is 64.3 Å². The van der Waals surface area contributed by atoms with Crippen LogP contribution in [-0.2, 0) is 4.79 Å². The van der Waals surface area contributed by atoms with Gasteiger partial charge in [-0.3, -0.25) is 4.79 Å². The van der Waals surface area contributed by atoms with E-state index in [9.17, 15) is 4.79 Å². The summed E-state index contributed by atoms with van der Waals surface area (Å²) in [5.74, 6) is 0.589. The fourth-order valence-electron chi connectivity index (χ4n) is 1.08. The molecule has 0 unspecified atom stereocenters. The van der Waals surface area contributed by atoms with Crippen LogP contribution in [-0.4, -0.2) is 13.0 Å². The fraction of sp³-hybridized carbons (Fsp3) is 0.417. The number of ether oxygens (including phenoxy) is 1. The summed E-state index contributed by atoms with van der Waals surface area (Å²) in [7, 11) is 1.57. The van der Waals surface area contributed by atoms with Crippen molar-refractivity contribution in [3.63, 3.8) is 0 Å². The molecule has 4 heteroatoms. The van der Waals surface area contributed by atoms with E-state index in [2.05, 4.69) is 5.32 Å². The third-order valence-electron chi connectivity index (χ3n) is 2.19. The third-order valence-corrected chi connectivity index (χ3v) is 2.19. The molecule has 4 nitrogen and oxygen atoms in total. The van der Waals surface area contributed by atoms with Crippen molar-refractivity contribution in [1.29, 1.82) is 0 Å². The van der Waals surface area contributed by atoms with Gasteiger partial charge in [0.25, 0.3) is 0 Å². The summed E-state index contributed by atoms with van der Waals surface area (Å²) in [5.41, 5.74) is 6.43. The minimum atomic E-state index is -0.449. The number of methoxy groups -OCH3 is 1. The Morgan fingerprint density at radius 1 is 1.38 bits per heavy atom. The van der Waals surface area contributed by atoms with Gasteiger partial charge in [-0.05, 0) is 12.1 Å². The zero-order valence-electron chi connectivity index (χ0n) is 10.1. The van der Waals surface area contributed by atoms with Crippen LogP contribution in [0.2, 0.25) is 0 Å². The predicted octanol–water partition coefficient (Wildman–Crippen LogP) is 2.26. The monoisotopic (exact) mass is 222 g/mol. The van der Waals surface area contributed by atoms with E-state index in [1.165, 1.54) is 0 Å². The van der Waals surface area contributed by atoms with E-state index < -0.39 is 5.41 Å². The quantitative estimate of drug-likeness (QED) is 0.754. The summed E-state index contributed by atoms with van der Waals surface area (Å²) < 4.78 is 5.07. The van der Waals surface area contributed by atoms with Crippen LogP contribution in [0.5, 0.6) is 5.75 Å². The van der Waals surface area contributed by atoms with E-state index in [0.29, 0.717) is 17.1 Å². The van der Waals surface area contributed by atoms with Crippen LogP contribution in [0, 0.1) is 5.41 Å².